The number of nitrogens with zero attached hydrogens (tertiary/aromatic N) is 3. The van der Waals surface area contributed by atoms with Gasteiger partial charge in [-0.25, -0.2) is 8.42 Å². The second-order valence-electron chi connectivity index (χ2n) is 5.88. The zero-order chi connectivity index (χ0) is 20.1. The SMILES string of the molecule is CN(c1ccc(C(=O)Nc2nnc(SCc3ccccc3)s2)cc1)S(C)(=O)=O. The van der Waals surface area contributed by atoms with Gasteiger partial charge in [0.15, 0.2) is 4.34 Å². The Balaban J connectivity index is 1.60. The van der Waals surface area contributed by atoms with Crippen LogP contribution in [-0.4, -0.2) is 37.8 Å². The topological polar surface area (TPSA) is 92.3 Å². The van der Waals surface area contributed by atoms with E-state index in [1.54, 1.807) is 36.0 Å². The van der Waals surface area contributed by atoms with Crippen molar-refractivity contribution < 1.29 is 13.2 Å². The van der Waals surface area contributed by atoms with Gasteiger partial charge in [-0.1, -0.05) is 53.4 Å². The molecule has 0 aliphatic rings. The largest absolute Gasteiger partial charge is 0.296 e. The lowest BCUT2D eigenvalue weighted by Gasteiger charge is -2.16. The van der Waals surface area contributed by atoms with Crippen molar-refractivity contribution >= 4 is 49.8 Å². The van der Waals surface area contributed by atoms with Crippen LogP contribution in [0.4, 0.5) is 10.8 Å². The maximum absolute atomic E-state index is 12.4. The normalized spacial score (nSPS) is 11.2. The summed E-state index contributed by atoms with van der Waals surface area (Å²) in [6.07, 6.45) is 1.12. The summed E-state index contributed by atoms with van der Waals surface area (Å²) in [5.74, 6) is 0.447. The lowest BCUT2D eigenvalue weighted by Crippen LogP contribution is -2.24. The van der Waals surface area contributed by atoms with Crippen LogP contribution < -0.4 is 9.62 Å². The monoisotopic (exact) mass is 434 g/mol. The van der Waals surface area contributed by atoms with Crippen LogP contribution >= 0.6 is 23.1 Å². The van der Waals surface area contributed by atoms with Gasteiger partial charge in [0.25, 0.3) is 5.91 Å². The van der Waals surface area contributed by atoms with E-state index < -0.39 is 10.0 Å². The number of carbonyl (C=O) groups excluding carboxylic acids is 1. The zero-order valence-electron chi connectivity index (χ0n) is 15.2. The van der Waals surface area contributed by atoms with Gasteiger partial charge >= 0.3 is 0 Å². The first-order valence-corrected chi connectivity index (χ1v) is 11.8. The van der Waals surface area contributed by atoms with Crippen molar-refractivity contribution in [2.24, 2.45) is 0 Å². The average molecular weight is 435 g/mol. The Hall–Kier alpha value is -2.43. The van der Waals surface area contributed by atoms with Crippen molar-refractivity contribution in [2.45, 2.75) is 10.1 Å². The van der Waals surface area contributed by atoms with Crippen LogP contribution in [-0.2, 0) is 15.8 Å². The molecule has 7 nitrogen and oxygen atoms in total. The van der Waals surface area contributed by atoms with Gasteiger partial charge in [0.1, 0.15) is 0 Å². The van der Waals surface area contributed by atoms with E-state index in [0.29, 0.717) is 16.4 Å². The van der Waals surface area contributed by atoms with Crippen LogP contribution in [0.5, 0.6) is 0 Å². The number of anilines is 2. The Kier molecular flexibility index (Phi) is 6.32. The van der Waals surface area contributed by atoms with E-state index in [2.05, 4.69) is 15.5 Å². The summed E-state index contributed by atoms with van der Waals surface area (Å²) in [5.41, 5.74) is 2.07. The molecule has 1 heterocycles. The van der Waals surface area contributed by atoms with Gasteiger partial charge in [-0.2, -0.15) is 0 Å². The summed E-state index contributed by atoms with van der Waals surface area (Å²) in [5, 5.41) is 11.2. The van der Waals surface area contributed by atoms with Gasteiger partial charge in [0, 0.05) is 18.4 Å². The summed E-state index contributed by atoms with van der Waals surface area (Å²) in [6, 6.07) is 16.3. The number of sulfonamides is 1. The molecule has 0 saturated carbocycles. The number of rotatable bonds is 7. The fourth-order valence-electron chi connectivity index (χ4n) is 2.22. The van der Waals surface area contributed by atoms with Crippen molar-refractivity contribution in [3.8, 4) is 0 Å². The highest BCUT2D eigenvalue weighted by molar-refractivity contribution is 8.00. The molecule has 3 rings (SSSR count). The predicted molar refractivity (Wildman–Crippen MR) is 114 cm³/mol. The van der Waals surface area contributed by atoms with E-state index in [1.807, 2.05) is 30.3 Å². The lowest BCUT2D eigenvalue weighted by atomic mass is 10.2. The lowest BCUT2D eigenvalue weighted by molar-refractivity contribution is 0.102. The van der Waals surface area contributed by atoms with Crippen LogP contribution in [0.2, 0.25) is 0 Å². The molecular formula is C18H18N4O3S3. The number of nitrogens with one attached hydrogen (secondary N) is 1. The minimum absolute atomic E-state index is 0.329. The smallest absolute Gasteiger partial charge is 0.257 e. The molecule has 0 radical (unpaired) electrons. The van der Waals surface area contributed by atoms with Gasteiger partial charge < -0.3 is 0 Å². The predicted octanol–water partition coefficient (Wildman–Crippen LogP) is 3.48. The molecule has 1 amide bonds. The fraction of sp³-hybridized carbons (Fsp3) is 0.167. The van der Waals surface area contributed by atoms with E-state index in [-0.39, 0.29) is 5.91 Å². The van der Waals surface area contributed by atoms with Gasteiger partial charge in [0.2, 0.25) is 15.2 Å². The van der Waals surface area contributed by atoms with Crippen LogP contribution in [0, 0.1) is 0 Å². The van der Waals surface area contributed by atoms with Gasteiger partial charge in [0.05, 0.1) is 11.9 Å². The van der Waals surface area contributed by atoms with Crippen LogP contribution in [0.25, 0.3) is 0 Å². The number of hydrogen-bond donors (Lipinski definition) is 1. The highest BCUT2D eigenvalue weighted by Gasteiger charge is 2.14. The number of aromatic nitrogens is 2. The van der Waals surface area contributed by atoms with Crippen molar-refractivity contribution in [3.05, 3.63) is 65.7 Å². The summed E-state index contributed by atoms with van der Waals surface area (Å²) < 4.78 is 25.1. The highest BCUT2D eigenvalue weighted by atomic mass is 32.2. The molecule has 0 bridgehead atoms. The van der Waals surface area contributed by atoms with Gasteiger partial charge in [-0.3, -0.25) is 14.4 Å². The summed E-state index contributed by atoms with van der Waals surface area (Å²) in [6.45, 7) is 0. The fourth-order valence-corrected chi connectivity index (χ4v) is 4.43. The molecule has 0 fully saturated rings. The Morgan fingerprint density at radius 3 is 2.43 bits per heavy atom. The molecule has 0 unspecified atom stereocenters. The van der Waals surface area contributed by atoms with E-state index in [0.717, 1.165) is 20.7 Å². The van der Waals surface area contributed by atoms with Gasteiger partial charge in [-0.05, 0) is 29.8 Å². The molecular weight excluding hydrogens is 416 g/mol. The molecule has 0 aliphatic carbocycles. The van der Waals surface area contributed by atoms with E-state index in [9.17, 15) is 13.2 Å². The molecule has 28 heavy (non-hydrogen) atoms. The second kappa shape index (κ2) is 8.72. The summed E-state index contributed by atoms with van der Waals surface area (Å²) in [4.78, 5) is 12.4. The van der Waals surface area contributed by atoms with Crippen molar-refractivity contribution in [3.63, 3.8) is 0 Å². The van der Waals surface area contributed by atoms with E-state index >= 15 is 0 Å². The van der Waals surface area contributed by atoms with Crippen LogP contribution in [0.3, 0.4) is 0 Å². The van der Waals surface area contributed by atoms with Crippen molar-refractivity contribution in [1.29, 1.82) is 0 Å². The molecule has 146 valence electrons. The number of amides is 1. The first-order valence-electron chi connectivity index (χ1n) is 8.18. The second-order valence-corrected chi connectivity index (χ2v) is 10.1. The molecule has 0 aliphatic heterocycles. The molecule has 0 spiro atoms. The first kappa shape index (κ1) is 20.3. The van der Waals surface area contributed by atoms with Crippen molar-refractivity contribution in [1.82, 2.24) is 10.2 Å². The molecule has 0 saturated heterocycles. The maximum atomic E-state index is 12.4. The van der Waals surface area contributed by atoms with Gasteiger partial charge in [-0.15, -0.1) is 10.2 Å². The Bertz CT molecular complexity index is 1050. The summed E-state index contributed by atoms with van der Waals surface area (Å²) in [7, 11) is -1.89. The Labute approximate surface area is 171 Å². The third-order valence-corrected chi connectivity index (χ3v) is 7.07. The number of thioether (sulfide) groups is 1. The molecule has 1 aromatic heterocycles. The minimum Gasteiger partial charge on any atom is -0.296 e. The quantitative estimate of drug-likeness (QED) is 0.452. The molecule has 1 N–H and O–H groups in total. The number of benzene rings is 2. The zero-order valence-corrected chi connectivity index (χ0v) is 17.6. The molecule has 3 aromatic rings. The van der Waals surface area contributed by atoms with Crippen molar-refractivity contribution in [2.75, 3.05) is 22.9 Å². The number of hydrogen-bond acceptors (Lipinski definition) is 7. The summed E-state index contributed by atoms with van der Waals surface area (Å²) >= 11 is 2.86. The number of carbonyl (C=O) groups is 1. The molecule has 10 heteroatoms. The van der Waals surface area contributed by atoms with Crippen LogP contribution in [0.1, 0.15) is 15.9 Å². The van der Waals surface area contributed by atoms with E-state index in [4.69, 9.17) is 0 Å². The Morgan fingerprint density at radius 1 is 1.11 bits per heavy atom. The maximum Gasteiger partial charge on any atom is 0.257 e. The molecule has 0 atom stereocenters. The standard InChI is InChI=1S/C18H18N4O3S3/c1-22(28(2,24)25)15-10-8-14(9-11-15)16(23)19-17-20-21-18(27-17)26-12-13-6-4-3-5-7-13/h3-11H,12H2,1-2H3,(H,19,20,23). The average Bonchev–Trinajstić information content (AvgIpc) is 3.13. The minimum atomic E-state index is -3.35. The Morgan fingerprint density at radius 2 is 1.79 bits per heavy atom. The first-order chi connectivity index (χ1) is 13.3. The third-order valence-electron chi connectivity index (χ3n) is 3.82. The van der Waals surface area contributed by atoms with Crippen LogP contribution in [0.15, 0.2) is 58.9 Å². The highest BCUT2D eigenvalue weighted by Crippen LogP contribution is 2.28. The molecule has 2 aromatic carbocycles. The van der Waals surface area contributed by atoms with E-state index in [1.165, 1.54) is 23.9 Å². The third kappa shape index (κ3) is 5.31.